The first-order valence-corrected chi connectivity index (χ1v) is 8.09. The number of nitrogens with one attached hydrogen (secondary N) is 1. The largest absolute Gasteiger partial charge is 0.416 e. The highest BCUT2D eigenvalue weighted by Crippen LogP contribution is 2.35. The van der Waals surface area contributed by atoms with E-state index in [1.165, 1.54) is 11.0 Å². The molecule has 130 valence electrons. The molecule has 1 N–H and O–H groups in total. The minimum absolute atomic E-state index is 0.0233. The SMILES string of the molecule is O=C1CCCC(CC(=O)N2CCc3cccc(C(F)(F)F)c3C2)N1. The van der Waals surface area contributed by atoms with E-state index in [4.69, 9.17) is 0 Å². The number of hydrogen-bond donors (Lipinski definition) is 1. The quantitative estimate of drug-likeness (QED) is 0.900. The van der Waals surface area contributed by atoms with Crippen molar-refractivity contribution in [1.29, 1.82) is 0 Å². The van der Waals surface area contributed by atoms with E-state index in [1.807, 2.05) is 0 Å². The van der Waals surface area contributed by atoms with E-state index in [0.29, 0.717) is 24.9 Å². The Morgan fingerprint density at radius 1 is 1.29 bits per heavy atom. The van der Waals surface area contributed by atoms with Gasteiger partial charge in [0.1, 0.15) is 0 Å². The Labute approximate surface area is 138 Å². The number of carbonyl (C=O) groups excluding carboxylic acids is 2. The number of halogens is 3. The predicted octanol–water partition coefficient (Wildman–Crippen LogP) is 2.65. The number of alkyl halides is 3. The number of piperidine rings is 1. The van der Waals surface area contributed by atoms with Crippen molar-refractivity contribution in [3.8, 4) is 0 Å². The van der Waals surface area contributed by atoms with Gasteiger partial charge in [0, 0.05) is 32.0 Å². The molecule has 1 atom stereocenters. The van der Waals surface area contributed by atoms with Crippen LogP contribution in [0.3, 0.4) is 0 Å². The minimum Gasteiger partial charge on any atom is -0.353 e. The third-order valence-corrected chi connectivity index (χ3v) is 4.67. The van der Waals surface area contributed by atoms with Gasteiger partial charge in [0.05, 0.1) is 5.56 Å². The van der Waals surface area contributed by atoms with E-state index >= 15 is 0 Å². The Bertz CT molecular complexity index is 658. The molecule has 1 aromatic carbocycles. The van der Waals surface area contributed by atoms with Crippen molar-refractivity contribution >= 4 is 11.8 Å². The summed E-state index contributed by atoms with van der Waals surface area (Å²) >= 11 is 0. The van der Waals surface area contributed by atoms with Crippen molar-refractivity contribution in [2.24, 2.45) is 0 Å². The molecule has 0 spiro atoms. The molecule has 1 aromatic rings. The number of rotatable bonds is 2. The van der Waals surface area contributed by atoms with Crippen LogP contribution in [0.2, 0.25) is 0 Å². The molecular formula is C17H19F3N2O2. The summed E-state index contributed by atoms with van der Waals surface area (Å²) in [5.41, 5.74) is 0.181. The molecule has 7 heteroatoms. The molecule has 0 bridgehead atoms. The molecule has 0 aromatic heterocycles. The molecule has 1 fully saturated rings. The normalized spacial score (nSPS) is 21.2. The Kier molecular flexibility index (Phi) is 4.51. The van der Waals surface area contributed by atoms with E-state index in [2.05, 4.69) is 5.32 Å². The van der Waals surface area contributed by atoms with Crippen molar-refractivity contribution in [3.63, 3.8) is 0 Å². The fourth-order valence-electron chi connectivity index (χ4n) is 3.43. The topological polar surface area (TPSA) is 49.4 Å². The van der Waals surface area contributed by atoms with Gasteiger partial charge in [0.15, 0.2) is 0 Å². The molecule has 2 amide bonds. The van der Waals surface area contributed by atoms with E-state index in [0.717, 1.165) is 18.9 Å². The number of fused-ring (bicyclic) bond motifs is 1. The molecular weight excluding hydrogens is 321 g/mol. The lowest BCUT2D eigenvalue weighted by molar-refractivity contribution is -0.140. The smallest absolute Gasteiger partial charge is 0.353 e. The summed E-state index contributed by atoms with van der Waals surface area (Å²) in [5.74, 6) is -0.271. The van der Waals surface area contributed by atoms with Gasteiger partial charge in [0.25, 0.3) is 0 Å². The van der Waals surface area contributed by atoms with Gasteiger partial charge in [-0.1, -0.05) is 12.1 Å². The van der Waals surface area contributed by atoms with Gasteiger partial charge >= 0.3 is 6.18 Å². The van der Waals surface area contributed by atoms with Crippen LogP contribution in [0.1, 0.15) is 42.4 Å². The number of hydrogen-bond acceptors (Lipinski definition) is 2. The van der Waals surface area contributed by atoms with Crippen LogP contribution in [0.5, 0.6) is 0 Å². The fraction of sp³-hybridized carbons (Fsp3) is 0.529. The van der Waals surface area contributed by atoms with Crippen molar-refractivity contribution in [2.45, 2.75) is 50.9 Å². The van der Waals surface area contributed by atoms with Crippen molar-refractivity contribution in [2.75, 3.05) is 6.54 Å². The van der Waals surface area contributed by atoms with Gasteiger partial charge in [0.2, 0.25) is 11.8 Å². The van der Waals surface area contributed by atoms with Crippen LogP contribution in [0.25, 0.3) is 0 Å². The van der Waals surface area contributed by atoms with Crippen molar-refractivity contribution in [1.82, 2.24) is 10.2 Å². The fourth-order valence-corrected chi connectivity index (χ4v) is 3.43. The van der Waals surface area contributed by atoms with Gasteiger partial charge in [-0.2, -0.15) is 13.2 Å². The highest BCUT2D eigenvalue weighted by molar-refractivity contribution is 5.80. The van der Waals surface area contributed by atoms with Crippen LogP contribution in [-0.4, -0.2) is 29.3 Å². The lowest BCUT2D eigenvalue weighted by Crippen LogP contribution is -2.44. The first kappa shape index (κ1) is 16.8. The molecule has 1 unspecified atom stereocenters. The predicted molar refractivity (Wildman–Crippen MR) is 81.0 cm³/mol. The average molecular weight is 340 g/mol. The zero-order valence-corrected chi connectivity index (χ0v) is 13.2. The monoisotopic (exact) mass is 340 g/mol. The molecule has 3 rings (SSSR count). The van der Waals surface area contributed by atoms with Crippen molar-refractivity contribution in [3.05, 3.63) is 34.9 Å². The summed E-state index contributed by atoms with van der Waals surface area (Å²) < 4.78 is 39.5. The van der Waals surface area contributed by atoms with E-state index in [9.17, 15) is 22.8 Å². The van der Waals surface area contributed by atoms with E-state index in [1.54, 1.807) is 6.07 Å². The van der Waals surface area contributed by atoms with Gasteiger partial charge in [-0.3, -0.25) is 9.59 Å². The number of nitrogens with zero attached hydrogens (tertiary/aromatic N) is 1. The van der Waals surface area contributed by atoms with Crippen LogP contribution in [0, 0.1) is 0 Å². The van der Waals surface area contributed by atoms with Crippen LogP contribution in [0.15, 0.2) is 18.2 Å². The van der Waals surface area contributed by atoms with Gasteiger partial charge in [-0.25, -0.2) is 0 Å². The maximum Gasteiger partial charge on any atom is 0.416 e. The number of carbonyl (C=O) groups is 2. The van der Waals surface area contributed by atoms with E-state index in [-0.39, 0.29) is 36.4 Å². The van der Waals surface area contributed by atoms with Crippen LogP contribution < -0.4 is 5.32 Å². The summed E-state index contributed by atoms with van der Waals surface area (Å²) in [4.78, 5) is 25.3. The molecule has 2 heterocycles. The molecule has 24 heavy (non-hydrogen) atoms. The Morgan fingerprint density at radius 2 is 2.08 bits per heavy atom. The minimum atomic E-state index is -4.42. The molecule has 0 aliphatic carbocycles. The molecule has 1 saturated heterocycles. The molecule has 0 radical (unpaired) electrons. The highest BCUT2D eigenvalue weighted by Gasteiger charge is 2.36. The van der Waals surface area contributed by atoms with Crippen LogP contribution >= 0.6 is 0 Å². The molecule has 4 nitrogen and oxygen atoms in total. The Hall–Kier alpha value is -2.05. The third kappa shape index (κ3) is 3.55. The lowest BCUT2D eigenvalue weighted by Gasteiger charge is -2.32. The summed E-state index contributed by atoms with van der Waals surface area (Å²) in [6.07, 6.45) is -1.91. The van der Waals surface area contributed by atoms with Gasteiger partial charge in [-0.05, 0) is 36.5 Å². The number of amides is 2. The summed E-state index contributed by atoms with van der Waals surface area (Å²) in [6.45, 7) is 0.387. The second-order valence-corrected chi connectivity index (χ2v) is 6.37. The van der Waals surface area contributed by atoms with Crippen molar-refractivity contribution < 1.29 is 22.8 Å². The Balaban J connectivity index is 1.72. The van der Waals surface area contributed by atoms with Gasteiger partial charge < -0.3 is 10.2 Å². The molecule has 2 aliphatic rings. The summed E-state index contributed by atoms with van der Waals surface area (Å²) in [7, 11) is 0. The molecule has 0 saturated carbocycles. The van der Waals surface area contributed by atoms with E-state index < -0.39 is 11.7 Å². The van der Waals surface area contributed by atoms with Crippen LogP contribution in [-0.2, 0) is 28.7 Å². The standard InChI is InChI=1S/C17H19F3N2O2/c18-17(19,20)14-5-1-3-11-7-8-22(10-13(11)14)16(24)9-12-4-2-6-15(23)21-12/h1,3,5,12H,2,4,6-10H2,(H,21,23). The number of benzene rings is 1. The van der Waals surface area contributed by atoms with Crippen LogP contribution in [0.4, 0.5) is 13.2 Å². The maximum absolute atomic E-state index is 13.2. The average Bonchev–Trinajstić information content (AvgIpc) is 2.53. The zero-order chi connectivity index (χ0) is 17.3. The Morgan fingerprint density at radius 3 is 2.79 bits per heavy atom. The lowest BCUT2D eigenvalue weighted by atomic mass is 9.93. The third-order valence-electron chi connectivity index (χ3n) is 4.67. The first-order chi connectivity index (χ1) is 11.3. The first-order valence-electron chi connectivity index (χ1n) is 8.09. The van der Waals surface area contributed by atoms with Gasteiger partial charge in [-0.15, -0.1) is 0 Å². The zero-order valence-electron chi connectivity index (χ0n) is 13.2. The summed E-state index contributed by atoms with van der Waals surface area (Å²) in [6, 6.07) is 3.96. The molecule has 2 aliphatic heterocycles. The highest BCUT2D eigenvalue weighted by atomic mass is 19.4. The maximum atomic E-state index is 13.2. The summed E-state index contributed by atoms with van der Waals surface area (Å²) in [5, 5.41) is 2.77. The second-order valence-electron chi connectivity index (χ2n) is 6.37. The second kappa shape index (κ2) is 6.45.